The predicted octanol–water partition coefficient (Wildman–Crippen LogP) is 2.94. The maximum absolute atomic E-state index is 12.5. The molecule has 0 bridgehead atoms. The van der Waals surface area contributed by atoms with Gasteiger partial charge in [0.25, 0.3) is 0 Å². The SMILES string of the molecule is COCCn1c(SCC(=O)N2CCC[C@@H](C)C2)nnc1-c1ccccc1. The summed E-state index contributed by atoms with van der Waals surface area (Å²) in [6, 6.07) is 9.98. The molecule has 3 rings (SSSR count). The van der Waals surface area contributed by atoms with Gasteiger partial charge in [0.2, 0.25) is 5.91 Å². The van der Waals surface area contributed by atoms with Crippen LogP contribution in [-0.2, 0) is 16.1 Å². The van der Waals surface area contributed by atoms with Crippen LogP contribution >= 0.6 is 11.8 Å². The van der Waals surface area contributed by atoms with Gasteiger partial charge in [0.1, 0.15) is 0 Å². The molecule has 1 amide bonds. The second kappa shape index (κ2) is 9.19. The minimum Gasteiger partial charge on any atom is -0.383 e. The van der Waals surface area contributed by atoms with Gasteiger partial charge in [-0.1, -0.05) is 49.0 Å². The first-order valence-electron chi connectivity index (χ1n) is 9.07. The third-order valence-electron chi connectivity index (χ3n) is 4.60. The lowest BCUT2D eigenvalue weighted by Gasteiger charge is -2.30. The van der Waals surface area contributed by atoms with Crippen molar-refractivity contribution in [2.24, 2.45) is 5.92 Å². The molecule has 1 aromatic carbocycles. The van der Waals surface area contributed by atoms with Gasteiger partial charge in [-0.3, -0.25) is 9.36 Å². The molecule has 1 fully saturated rings. The number of hydrogen-bond donors (Lipinski definition) is 0. The van der Waals surface area contributed by atoms with Gasteiger partial charge in [0.05, 0.1) is 18.9 Å². The van der Waals surface area contributed by atoms with Gasteiger partial charge in [0.15, 0.2) is 11.0 Å². The summed E-state index contributed by atoms with van der Waals surface area (Å²) >= 11 is 1.46. The Bertz CT molecular complexity index is 720. The number of rotatable bonds is 7. The molecule has 0 aliphatic carbocycles. The summed E-state index contributed by atoms with van der Waals surface area (Å²) in [6.45, 7) is 5.18. The van der Waals surface area contributed by atoms with E-state index < -0.39 is 0 Å². The minimum atomic E-state index is 0.184. The van der Waals surface area contributed by atoms with E-state index in [-0.39, 0.29) is 5.91 Å². The van der Waals surface area contributed by atoms with Crippen molar-refractivity contribution in [2.45, 2.75) is 31.5 Å². The van der Waals surface area contributed by atoms with E-state index in [1.54, 1.807) is 7.11 Å². The van der Waals surface area contributed by atoms with Crippen LogP contribution in [0.3, 0.4) is 0 Å². The number of piperidine rings is 1. The smallest absolute Gasteiger partial charge is 0.233 e. The van der Waals surface area contributed by atoms with Crippen molar-refractivity contribution in [1.82, 2.24) is 19.7 Å². The molecule has 1 aliphatic heterocycles. The molecule has 0 N–H and O–H groups in total. The number of likely N-dealkylation sites (tertiary alicyclic amines) is 1. The van der Waals surface area contributed by atoms with E-state index in [9.17, 15) is 4.79 Å². The van der Waals surface area contributed by atoms with Gasteiger partial charge in [-0.15, -0.1) is 10.2 Å². The highest BCUT2D eigenvalue weighted by molar-refractivity contribution is 7.99. The Morgan fingerprint density at radius 3 is 2.85 bits per heavy atom. The molecule has 0 radical (unpaired) electrons. The number of aromatic nitrogens is 3. The molecule has 6 nitrogen and oxygen atoms in total. The second-order valence-electron chi connectivity index (χ2n) is 6.69. The fourth-order valence-electron chi connectivity index (χ4n) is 3.21. The topological polar surface area (TPSA) is 60.2 Å². The molecule has 0 spiro atoms. The lowest BCUT2D eigenvalue weighted by Crippen LogP contribution is -2.40. The minimum absolute atomic E-state index is 0.184. The molecule has 7 heteroatoms. The zero-order valence-corrected chi connectivity index (χ0v) is 16.2. The molecule has 26 heavy (non-hydrogen) atoms. The zero-order chi connectivity index (χ0) is 18.4. The van der Waals surface area contributed by atoms with Crippen LogP contribution in [0.5, 0.6) is 0 Å². The average molecular weight is 375 g/mol. The van der Waals surface area contributed by atoms with Crippen molar-refractivity contribution in [2.75, 3.05) is 32.6 Å². The highest BCUT2D eigenvalue weighted by Gasteiger charge is 2.22. The Balaban J connectivity index is 1.70. The fourth-order valence-corrected chi connectivity index (χ4v) is 4.08. The molecule has 1 aromatic heterocycles. The number of thioether (sulfide) groups is 1. The summed E-state index contributed by atoms with van der Waals surface area (Å²) in [5.74, 6) is 1.98. The highest BCUT2D eigenvalue weighted by Crippen LogP contribution is 2.25. The normalized spacial score (nSPS) is 17.5. The zero-order valence-electron chi connectivity index (χ0n) is 15.4. The summed E-state index contributed by atoms with van der Waals surface area (Å²) in [4.78, 5) is 14.5. The van der Waals surface area contributed by atoms with Crippen molar-refractivity contribution in [3.8, 4) is 11.4 Å². The Kier molecular flexibility index (Phi) is 6.68. The molecule has 1 aliphatic rings. The first-order chi connectivity index (χ1) is 12.7. The number of carbonyl (C=O) groups is 1. The first kappa shape index (κ1) is 18.9. The second-order valence-corrected chi connectivity index (χ2v) is 7.63. The molecule has 0 saturated carbocycles. The lowest BCUT2D eigenvalue weighted by molar-refractivity contribution is -0.130. The largest absolute Gasteiger partial charge is 0.383 e. The fraction of sp³-hybridized carbons (Fsp3) is 0.526. The Morgan fingerprint density at radius 2 is 2.12 bits per heavy atom. The molecule has 2 aromatic rings. The number of hydrogen-bond acceptors (Lipinski definition) is 5. The number of carbonyl (C=O) groups excluding carboxylic acids is 1. The predicted molar refractivity (Wildman–Crippen MR) is 103 cm³/mol. The summed E-state index contributed by atoms with van der Waals surface area (Å²) in [7, 11) is 1.68. The summed E-state index contributed by atoms with van der Waals surface area (Å²) in [5.41, 5.74) is 1.01. The molecule has 2 heterocycles. The Labute approximate surface area is 158 Å². The van der Waals surface area contributed by atoms with E-state index in [1.165, 1.54) is 18.2 Å². The van der Waals surface area contributed by atoms with E-state index >= 15 is 0 Å². The van der Waals surface area contributed by atoms with Crippen molar-refractivity contribution in [3.05, 3.63) is 30.3 Å². The number of methoxy groups -OCH3 is 1. The van der Waals surface area contributed by atoms with Crippen molar-refractivity contribution in [3.63, 3.8) is 0 Å². The van der Waals surface area contributed by atoms with Crippen LogP contribution in [0.25, 0.3) is 11.4 Å². The van der Waals surface area contributed by atoms with Crippen LogP contribution in [0.1, 0.15) is 19.8 Å². The van der Waals surface area contributed by atoms with Crippen LogP contribution < -0.4 is 0 Å². The van der Waals surface area contributed by atoms with Gasteiger partial charge in [-0.05, 0) is 18.8 Å². The van der Waals surface area contributed by atoms with E-state index in [4.69, 9.17) is 4.74 Å². The maximum Gasteiger partial charge on any atom is 0.233 e. The van der Waals surface area contributed by atoms with E-state index in [0.717, 1.165) is 36.1 Å². The molecule has 140 valence electrons. The van der Waals surface area contributed by atoms with Crippen molar-refractivity contribution < 1.29 is 9.53 Å². The summed E-state index contributed by atoms with van der Waals surface area (Å²) in [6.07, 6.45) is 2.31. The third-order valence-corrected chi connectivity index (χ3v) is 5.55. The number of benzene rings is 1. The number of amides is 1. The first-order valence-corrected chi connectivity index (χ1v) is 10.1. The van der Waals surface area contributed by atoms with Gasteiger partial charge in [-0.2, -0.15) is 0 Å². The van der Waals surface area contributed by atoms with E-state index in [1.807, 2.05) is 39.8 Å². The standard InChI is InChI=1S/C19H26N4O2S/c1-15-7-6-10-22(13-15)17(24)14-26-19-21-20-18(23(19)11-12-25-2)16-8-4-3-5-9-16/h3-5,8-9,15H,6-7,10-14H2,1-2H3/t15-/m1/s1. The molecular weight excluding hydrogens is 348 g/mol. The quantitative estimate of drug-likeness (QED) is 0.698. The van der Waals surface area contributed by atoms with Gasteiger partial charge >= 0.3 is 0 Å². The van der Waals surface area contributed by atoms with Gasteiger partial charge in [-0.25, -0.2) is 0 Å². The van der Waals surface area contributed by atoms with E-state index in [0.29, 0.717) is 24.8 Å². The monoisotopic (exact) mass is 374 g/mol. The average Bonchev–Trinajstić information content (AvgIpc) is 3.07. The van der Waals surface area contributed by atoms with E-state index in [2.05, 4.69) is 17.1 Å². The van der Waals surface area contributed by atoms with Crippen LogP contribution in [0.4, 0.5) is 0 Å². The van der Waals surface area contributed by atoms with Crippen LogP contribution in [0.2, 0.25) is 0 Å². The van der Waals surface area contributed by atoms with Crippen LogP contribution in [-0.4, -0.2) is 58.1 Å². The summed E-state index contributed by atoms with van der Waals surface area (Å²) in [5, 5.41) is 9.44. The van der Waals surface area contributed by atoms with Crippen molar-refractivity contribution >= 4 is 17.7 Å². The van der Waals surface area contributed by atoms with Gasteiger partial charge in [0, 0.05) is 25.8 Å². The van der Waals surface area contributed by atoms with Crippen molar-refractivity contribution in [1.29, 1.82) is 0 Å². The number of nitrogens with zero attached hydrogens (tertiary/aromatic N) is 4. The van der Waals surface area contributed by atoms with Crippen LogP contribution in [0, 0.1) is 5.92 Å². The van der Waals surface area contributed by atoms with Crippen LogP contribution in [0.15, 0.2) is 35.5 Å². The lowest BCUT2D eigenvalue weighted by atomic mass is 10.0. The highest BCUT2D eigenvalue weighted by atomic mass is 32.2. The molecule has 0 unspecified atom stereocenters. The Hall–Kier alpha value is -1.86. The molecule has 1 atom stereocenters. The Morgan fingerprint density at radius 1 is 1.31 bits per heavy atom. The summed E-state index contributed by atoms with van der Waals surface area (Å²) < 4.78 is 7.27. The molecule has 1 saturated heterocycles. The van der Waals surface area contributed by atoms with Gasteiger partial charge < -0.3 is 9.64 Å². The maximum atomic E-state index is 12.5. The number of ether oxygens (including phenoxy) is 1. The third kappa shape index (κ3) is 4.65. The molecular formula is C19H26N4O2S.